The van der Waals surface area contributed by atoms with E-state index in [0.29, 0.717) is 16.5 Å². The average Bonchev–Trinajstić information content (AvgIpc) is 3.13. The van der Waals surface area contributed by atoms with Gasteiger partial charge in [-0.3, -0.25) is 9.59 Å². The van der Waals surface area contributed by atoms with E-state index in [4.69, 9.17) is 23.2 Å². The van der Waals surface area contributed by atoms with Crippen LogP contribution in [-0.4, -0.2) is 38.2 Å². The Morgan fingerprint density at radius 3 is 2.50 bits per heavy atom. The summed E-state index contributed by atoms with van der Waals surface area (Å²) in [6, 6.07) is 4.44. The number of carbonyl (C=O) groups is 2. The summed E-state index contributed by atoms with van der Waals surface area (Å²) in [5.74, 6) is -0.145. The molecule has 7 heteroatoms. The lowest BCUT2D eigenvalue weighted by Crippen LogP contribution is -2.46. The second kappa shape index (κ2) is 6.56. The van der Waals surface area contributed by atoms with Crippen molar-refractivity contribution in [2.24, 2.45) is 7.05 Å². The zero-order valence-electron chi connectivity index (χ0n) is 14.2. The number of aryl methyl sites for hydroxylation is 1. The molecule has 0 saturated carbocycles. The van der Waals surface area contributed by atoms with E-state index in [9.17, 15) is 9.59 Å². The molecule has 3 heterocycles. The number of fused-ring (bicyclic) bond motifs is 2. The molecule has 0 N–H and O–H groups in total. The molecule has 0 radical (unpaired) electrons. The minimum absolute atomic E-state index is 0.0165. The first-order chi connectivity index (χ1) is 12.4. The summed E-state index contributed by atoms with van der Waals surface area (Å²) in [5, 5.41) is 0.680. The van der Waals surface area contributed by atoms with E-state index in [1.54, 1.807) is 11.1 Å². The Hall–Kier alpha value is -2.11. The van der Waals surface area contributed by atoms with Gasteiger partial charge in [0, 0.05) is 41.1 Å². The van der Waals surface area contributed by atoms with Crippen LogP contribution in [0.4, 0.5) is 0 Å². The molecule has 0 spiro atoms. The van der Waals surface area contributed by atoms with E-state index in [-0.39, 0.29) is 17.6 Å². The monoisotopic (exact) mass is 389 g/mol. The molecule has 1 aromatic carbocycles. The Morgan fingerprint density at radius 1 is 1.15 bits per heavy atom. The number of nitrogens with zero attached hydrogens (tertiary/aromatic N) is 3. The first-order valence-corrected chi connectivity index (χ1v) is 9.21. The highest BCUT2D eigenvalue weighted by Gasteiger charge is 2.42. The SMILES string of the molecule is Cn1ccnc1C1=CC2CCC(C1)N2C(=O)C(=O)c1cc(Cl)cc(Cl)c1. The van der Waals surface area contributed by atoms with E-state index in [0.717, 1.165) is 24.2 Å². The first kappa shape index (κ1) is 17.3. The van der Waals surface area contributed by atoms with E-state index >= 15 is 0 Å². The first-order valence-electron chi connectivity index (χ1n) is 8.45. The van der Waals surface area contributed by atoms with Gasteiger partial charge in [-0.15, -0.1) is 0 Å². The predicted molar refractivity (Wildman–Crippen MR) is 100 cm³/mol. The zero-order chi connectivity index (χ0) is 18.4. The molecule has 26 heavy (non-hydrogen) atoms. The van der Waals surface area contributed by atoms with Gasteiger partial charge in [0.1, 0.15) is 5.82 Å². The van der Waals surface area contributed by atoms with Gasteiger partial charge in [0.2, 0.25) is 0 Å². The van der Waals surface area contributed by atoms with Gasteiger partial charge < -0.3 is 9.47 Å². The van der Waals surface area contributed by atoms with Gasteiger partial charge in [0.25, 0.3) is 11.7 Å². The molecule has 1 fully saturated rings. The smallest absolute Gasteiger partial charge is 0.295 e. The highest BCUT2D eigenvalue weighted by molar-refractivity contribution is 6.44. The number of benzene rings is 1. The Labute approximate surface area is 161 Å². The van der Waals surface area contributed by atoms with E-state index < -0.39 is 11.7 Å². The van der Waals surface area contributed by atoms with Crippen molar-refractivity contribution in [2.75, 3.05) is 0 Å². The molecule has 134 valence electrons. The molecule has 2 aliphatic rings. The highest BCUT2D eigenvalue weighted by atomic mass is 35.5. The summed E-state index contributed by atoms with van der Waals surface area (Å²) in [7, 11) is 1.95. The minimum atomic E-state index is -0.569. The van der Waals surface area contributed by atoms with Crippen LogP contribution in [0, 0.1) is 0 Å². The van der Waals surface area contributed by atoms with E-state index in [1.807, 2.05) is 17.8 Å². The van der Waals surface area contributed by atoms with Crippen LogP contribution in [0.3, 0.4) is 0 Å². The number of amides is 1. The number of imidazole rings is 1. The normalized spacial score (nSPS) is 21.7. The molecule has 5 nitrogen and oxygen atoms in total. The third kappa shape index (κ3) is 2.95. The summed E-state index contributed by atoms with van der Waals surface area (Å²) in [5.41, 5.74) is 1.36. The number of Topliss-reactive ketones (excluding diaryl/α,β-unsaturated/α-hetero) is 1. The average molecular weight is 390 g/mol. The van der Waals surface area contributed by atoms with Gasteiger partial charge >= 0.3 is 0 Å². The van der Waals surface area contributed by atoms with Crippen molar-refractivity contribution >= 4 is 40.5 Å². The van der Waals surface area contributed by atoms with E-state index in [2.05, 4.69) is 11.1 Å². The topological polar surface area (TPSA) is 55.2 Å². The zero-order valence-corrected chi connectivity index (χ0v) is 15.7. The quantitative estimate of drug-likeness (QED) is 0.593. The number of hydrogen-bond acceptors (Lipinski definition) is 3. The molecular formula is C19H17Cl2N3O2. The molecule has 0 aliphatic carbocycles. The summed E-state index contributed by atoms with van der Waals surface area (Å²) < 4.78 is 1.97. The van der Waals surface area contributed by atoms with Crippen LogP contribution in [0.2, 0.25) is 10.0 Å². The lowest BCUT2D eigenvalue weighted by Gasteiger charge is -2.33. The van der Waals surface area contributed by atoms with Gasteiger partial charge in [-0.2, -0.15) is 0 Å². The Balaban J connectivity index is 1.61. The summed E-state index contributed by atoms with van der Waals surface area (Å²) in [4.78, 5) is 31.7. The van der Waals surface area contributed by atoms with Gasteiger partial charge in [-0.25, -0.2) is 4.98 Å². The maximum absolute atomic E-state index is 12.9. The third-order valence-electron chi connectivity index (χ3n) is 5.06. The van der Waals surface area contributed by atoms with Crippen LogP contribution < -0.4 is 0 Å². The van der Waals surface area contributed by atoms with Crippen molar-refractivity contribution in [1.82, 2.24) is 14.5 Å². The molecular weight excluding hydrogens is 373 g/mol. The Kier molecular flexibility index (Phi) is 4.37. The molecule has 2 aromatic rings. The largest absolute Gasteiger partial charge is 0.334 e. The Morgan fingerprint density at radius 2 is 1.88 bits per heavy atom. The predicted octanol–water partition coefficient (Wildman–Crippen LogP) is 3.76. The van der Waals surface area contributed by atoms with Crippen LogP contribution in [0.5, 0.6) is 0 Å². The van der Waals surface area contributed by atoms with Gasteiger partial charge in [0.05, 0.1) is 6.04 Å². The molecule has 4 rings (SSSR count). The maximum Gasteiger partial charge on any atom is 0.295 e. The number of rotatable bonds is 3. The summed E-state index contributed by atoms with van der Waals surface area (Å²) in [6.45, 7) is 0. The molecule has 2 unspecified atom stereocenters. The number of aromatic nitrogens is 2. The van der Waals surface area contributed by atoms with Crippen LogP contribution in [-0.2, 0) is 11.8 Å². The lowest BCUT2D eigenvalue weighted by atomic mass is 9.99. The molecule has 1 saturated heterocycles. The Bertz CT molecular complexity index is 914. The van der Waals surface area contributed by atoms with Crippen LogP contribution in [0.25, 0.3) is 5.57 Å². The molecule has 1 amide bonds. The van der Waals surface area contributed by atoms with Crippen LogP contribution in [0.15, 0.2) is 36.7 Å². The van der Waals surface area contributed by atoms with Crippen molar-refractivity contribution in [3.05, 3.63) is 58.1 Å². The minimum Gasteiger partial charge on any atom is -0.334 e. The second-order valence-corrected chi connectivity index (χ2v) is 7.63. The van der Waals surface area contributed by atoms with Crippen molar-refractivity contribution in [2.45, 2.75) is 31.3 Å². The molecule has 2 atom stereocenters. The third-order valence-corrected chi connectivity index (χ3v) is 5.49. The van der Waals surface area contributed by atoms with Gasteiger partial charge in [-0.1, -0.05) is 29.3 Å². The molecule has 2 aliphatic heterocycles. The summed E-state index contributed by atoms with van der Waals surface area (Å²) in [6.07, 6.45) is 8.18. The second-order valence-electron chi connectivity index (χ2n) is 6.76. The fourth-order valence-electron chi connectivity index (χ4n) is 3.91. The van der Waals surface area contributed by atoms with Gasteiger partial charge in [-0.05, 0) is 43.0 Å². The van der Waals surface area contributed by atoms with Crippen molar-refractivity contribution in [3.8, 4) is 0 Å². The summed E-state index contributed by atoms with van der Waals surface area (Å²) >= 11 is 11.9. The highest BCUT2D eigenvalue weighted by Crippen LogP contribution is 2.38. The fourth-order valence-corrected chi connectivity index (χ4v) is 4.44. The number of hydrogen-bond donors (Lipinski definition) is 0. The standard InChI is InChI=1S/C19H17Cl2N3O2/c1-23-5-4-22-18(23)12-8-15-2-3-16(9-12)24(15)19(26)17(25)11-6-13(20)10-14(21)7-11/h4-8,10,15-16H,2-3,9H2,1H3. The maximum atomic E-state index is 12.9. The van der Waals surface area contributed by atoms with Gasteiger partial charge in [0.15, 0.2) is 0 Å². The molecule has 2 bridgehead atoms. The molecule has 1 aromatic heterocycles. The fraction of sp³-hybridized carbons (Fsp3) is 0.316. The lowest BCUT2D eigenvalue weighted by molar-refractivity contribution is -0.128. The van der Waals surface area contributed by atoms with Crippen molar-refractivity contribution in [1.29, 1.82) is 0 Å². The number of halogens is 2. The number of carbonyl (C=O) groups excluding carboxylic acids is 2. The van der Waals surface area contributed by atoms with Crippen LogP contribution >= 0.6 is 23.2 Å². The van der Waals surface area contributed by atoms with Crippen molar-refractivity contribution < 1.29 is 9.59 Å². The van der Waals surface area contributed by atoms with Crippen LogP contribution in [0.1, 0.15) is 35.4 Å². The number of ketones is 1. The van der Waals surface area contributed by atoms with E-state index in [1.165, 1.54) is 18.2 Å². The van der Waals surface area contributed by atoms with Crippen molar-refractivity contribution in [3.63, 3.8) is 0 Å².